The second kappa shape index (κ2) is 7.17. The molecular weight excluding hydrogens is 496 g/mol. The first-order chi connectivity index (χ1) is 13.4. The molecule has 9 nitrogen and oxygen atoms in total. The van der Waals surface area contributed by atoms with Gasteiger partial charge in [0.05, 0.1) is 11.0 Å². The van der Waals surface area contributed by atoms with Crippen molar-refractivity contribution in [2.75, 3.05) is 0 Å². The summed E-state index contributed by atoms with van der Waals surface area (Å²) in [6.45, 7) is 0. The van der Waals surface area contributed by atoms with Gasteiger partial charge in [-0.05, 0) is 36.4 Å². The van der Waals surface area contributed by atoms with Crippen LogP contribution in [0.1, 0.15) is 0 Å². The Balaban J connectivity index is 1.62. The lowest BCUT2D eigenvalue weighted by Crippen LogP contribution is -1.79. The van der Waals surface area contributed by atoms with E-state index in [0.29, 0.717) is 21.8 Å². The van der Waals surface area contributed by atoms with E-state index >= 15 is 0 Å². The minimum atomic E-state index is -0.993. The lowest BCUT2D eigenvalue weighted by atomic mass is 10.2. The number of halogens is 2. The number of carbonyl (C=O) groups is 1. The van der Waals surface area contributed by atoms with Crippen LogP contribution in [0, 0.1) is 0 Å². The van der Waals surface area contributed by atoms with Crippen LogP contribution in [-0.2, 0) is 0 Å². The number of carbonyl (C=O) groups excluding carboxylic acids is 1. The van der Waals surface area contributed by atoms with Crippen LogP contribution in [0.25, 0.3) is 21.8 Å². The molecule has 0 aliphatic carbocycles. The maximum absolute atomic E-state index is 11.9. The van der Waals surface area contributed by atoms with E-state index in [1.54, 1.807) is 36.4 Å². The van der Waals surface area contributed by atoms with Gasteiger partial charge >= 0.3 is 6.03 Å². The molecule has 0 fully saturated rings. The Morgan fingerprint density at radius 2 is 1.21 bits per heavy atom. The molecule has 4 rings (SSSR count). The molecule has 0 atom stereocenters. The molecular formula is C17H10Br2N6O3. The molecule has 2 aromatic carbocycles. The minimum absolute atomic E-state index is 0.110. The Morgan fingerprint density at radius 1 is 0.786 bits per heavy atom. The highest BCUT2D eigenvalue weighted by atomic mass is 79.9. The Bertz CT molecular complexity index is 1190. The third-order valence-electron chi connectivity index (χ3n) is 3.90. The number of hydrogen-bond donors (Lipinski definition) is 4. The smallest absolute Gasteiger partial charge is 0.404 e. The number of benzene rings is 2. The van der Waals surface area contributed by atoms with E-state index in [4.69, 9.17) is 0 Å². The number of hydrogen-bond acceptors (Lipinski definition) is 5. The number of nitrogens with one attached hydrogen (secondary N) is 2. The molecule has 2 amide bonds. The van der Waals surface area contributed by atoms with Crippen molar-refractivity contribution in [1.29, 1.82) is 0 Å². The molecule has 0 radical (unpaired) electrons. The lowest BCUT2D eigenvalue weighted by molar-refractivity contribution is 0.254. The lowest BCUT2D eigenvalue weighted by Gasteiger charge is -1.93. The van der Waals surface area contributed by atoms with Gasteiger partial charge in [-0.25, -0.2) is 4.79 Å². The SMILES string of the molecule is O=C(N=Nc1c(O)[nH]c2ccc(Br)cc12)N=Nc1c(O)[nH]c2ccc(Br)cc12. The topological polar surface area (TPSA) is 139 Å². The van der Waals surface area contributed by atoms with E-state index in [-0.39, 0.29) is 23.1 Å². The Kier molecular flexibility index (Phi) is 4.69. The van der Waals surface area contributed by atoms with Gasteiger partial charge in [0.15, 0.2) is 11.4 Å². The van der Waals surface area contributed by atoms with Gasteiger partial charge < -0.3 is 20.2 Å². The number of nitrogens with zero attached hydrogens (tertiary/aromatic N) is 4. The Morgan fingerprint density at radius 3 is 1.64 bits per heavy atom. The average Bonchev–Trinajstić information content (AvgIpc) is 3.13. The van der Waals surface area contributed by atoms with Crippen molar-refractivity contribution in [3.63, 3.8) is 0 Å². The highest BCUT2D eigenvalue weighted by Crippen LogP contribution is 2.38. The third-order valence-corrected chi connectivity index (χ3v) is 4.89. The molecule has 0 saturated heterocycles. The predicted molar refractivity (Wildman–Crippen MR) is 110 cm³/mol. The Hall–Kier alpha value is -3.05. The molecule has 11 heteroatoms. The summed E-state index contributed by atoms with van der Waals surface area (Å²) in [7, 11) is 0. The molecule has 28 heavy (non-hydrogen) atoms. The van der Waals surface area contributed by atoms with Crippen LogP contribution in [0.15, 0.2) is 65.8 Å². The molecule has 4 N–H and O–H groups in total. The molecule has 140 valence electrons. The molecule has 0 saturated carbocycles. The summed E-state index contributed by atoms with van der Waals surface area (Å²) in [6.07, 6.45) is 0. The van der Waals surface area contributed by atoms with E-state index < -0.39 is 6.03 Å². The van der Waals surface area contributed by atoms with Crippen LogP contribution in [-0.4, -0.2) is 26.2 Å². The van der Waals surface area contributed by atoms with Crippen molar-refractivity contribution in [2.45, 2.75) is 0 Å². The number of urea groups is 1. The van der Waals surface area contributed by atoms with Gasteiger partial charge in [-0.1, -0.05) is 42.1 Å². The van der Waals surface area contributed by atoms with Gasteiger partial charge in [-0.2, -0.15) is 0 Å². The van der Waals surface area contributed by atoms with E-state index in [0.717, 1.165) is 8.95 Å². The van der Waals surface area contributed by atoms with E-state index in [2.05, 4.69) is 62.3 Å². The van der Waals surface area contributed by atoms with Crippen molar-refractivity contribution in [3.05, 3.63) is 45.3 Å². The first-order valence-electron chi connectivity index (χ1n) is 7.80. The summed E-state index contributed by atoms with van der Waals surface area (Å²) in [5.41, 5.74) is 1.49. The number of amides is 2. The van der Waals surface area contributed by atoms with Gasteiger partial charge in [0.2, 0.25) is 11.8 Å². The van der Waals surface area contributed by atoms with Crippen LogP contribution in [0.4, 0.5) is 16.2 Å². The van der Waals surface area contributed by atoms with Gasteiger partial charge in [0.1, 0.15) is 0 Å². The van der Waals surface area contributed by atoms with Crippen molar-refractivity contribution < 1.29 is 15.0 Å². The number of rotatable bonds is 2. The van der Waals surface area contributed by atoms with Gasteiger partial charge in [-0.3, -0.25) is 0 Å². The zero-order valence-electron chi connectivity index (χ0n) is 13.8. The van der Waals surface area contributed by atoms with Crippen molar-refractivity contribution in [3.8, 4) is 11.8 Å². The first kappa shape index (κ1) is 18.3. The predicted octanol–water partition coefficient (Wildman–Crippen LogP) is 6.57. The third kappa shape index (κ3) is 3.41. The number of aromatic hydroxyl groups is 2. The normalized spacial score (nSPS) is 12.1. The minimum Gasteiger partial charge on any atom is -0.493 e. The summed E-state index contributed by atoms with van der Waals surface area (Å²) < 4.78 is 1.56. The molecule has 0 bridgehead atoms. The van der Waals surface area contributed by atoms with Crippen LogP contribution in [0.2, 0.25) is 0 Å². The molecule has 0 spiro atoms. The highest BCUT2D eigenvalue weighted by molar-refractivity contribution is 9.10. The Labute approximate surface area is 173 Å². The zero-order valence-corrected chi connectivity index (χ0v) is 17.0. The molecule has 0 unspecified atom stereocenters. The average molecular weight is 506 g/mol. The molecule has 0 aliphatic rings. The fourth-order valence-corrected chi connectivity index (χ4v) is 3.40. The van der Waals surface area contributed by atoms with Crippen LogP contribution in [0.5, 0.6) is 11.8 Å². The van der Waals surface area contributed by atoms with Crippen LogP contribution < -0.4 is 0 Å². The van der Waals surface area contributed by atoms with Gasteiger partial charge in [0, 0.05) is 19.7 Å². The summed E-state index contributed by atoms with van der Waals surface area (Å²) in [5, 5.41) is 35.6. The number of H-pyrrole nitrogens is 2. The summed E-state index contributed by atoms with van der Waals surface area (Å²) >= 11 is 6.67. The standard InChI is InChI=1S/C17H10Br2N6O3/c18-7-1-3-11-9(5-7)13(15(26)20-11)22-24-17(28)25-23-14-10-6-8(19)2-4-12(10)21-16(14)27/h1-6,20-21,26-27H. The van der Waals surface area contributed by atoms with E-state index in [9.17, 15) is 15.0 Å². The molecule has 2 heterocycles. The van der Waals surface area contributed by atoms with Crippen molar-refractivity contribution in [1.82, 2.24) is 9.97 Å². The summed E-state index contributed by atoms with van der Waals surface area (Å²) in [5.74, 6) is -0.443. The van der Waals surface area contributed by atoms with Crippen molar-refractivity contribution >= 4 is 71.1 Å². The molecule has 4 aromatic rings. The van der Waals surface area contributed by atoms with Crippen LogP contribution in [0.3, 0.4) is 0 Å². The second-order valence-electron chi connectivity index (χ2n) is 5.71. The maximum atomic E-state index is 11.9. The molecule has 0 aliphatic heterocycles. The maximum Gasteiger partial charge on any atom is 0.404 e. The number of aromatic nitrogens is 2. The first-order valence-corrected chi connectivity index (χ1v) is 9.39. The fourth-order valence-electron chi connectivity index (χ4n) is 2.68. The highest BCUT2D eigenvalue weighted by Gasteiger charge is 2.13. The second-order valence-corrected chi connectivity index (χ2v) is 7.54. The monoisotopic (exact) mass is 504 g/mol. The fraction of sp³-hybridized carbons (Fsp3) is 0. The summed E-state index contributed by atoms with van der Waals surface area (Å²) in [4.78, 5) is 17.4. The van der Waals surface area contributed by atoms with Gasteiger partial charge in [-0.15, -0.1) is 10.2 Å². The van der Waals surface area contributed by atoms with E-state index in [1.165, 1.54) is 0 Å². The number of azo groups is 2. The molecule has 2 aromatic heterocycles. The summed E-state index contributed by atoms with van der Waals surface area (Å²) in [6, 6.07) is 9.55. The van der Waals surface area contributed by atoms with Gasteiger partial charge in [0.25, 0.3) is 0 Å². The number of fused-ring (bicyclic) bond motifs is 2. The largest absolute Gasteiger partial charge is 0.493 e. The zero-order chi connectivity index (χ0) is 19.8. The van der Waals surface area contributed by atoms with Crippen LogP contribution >= 0.6 is 31.9 Å². The van der Waals surface area contributed by atoms with Crippen molar-refractivity contribution in [2.24, 2.45) is 20.5 Å². The van der Waals surface area contributed by atoms with E-state index in [1.807, 2.05) is 0 Å². The number of aromatic amines is 2. The quantitative estimate of drug-likeness (QED) is 0.229.